The number of carbonyl (C=O) groups is 1. The van der Waals surface area contributed by atoms with Gasteiger partial charge in [-0.25, -0.2) is 0 Å². The maximum absolute atomic E-state index is 11.5. The van der Waals surface area contributed by atoms with E-state index < -0.39 is 0 Å². The molecule has 0 atom stereocenters. The summed E-state index contributed by atoms with van der Waals surface area (Å²) in [4.78, 5) is 21.7. The first-order chi connectivity index (χ1) is 6.33. The molecule has 0 saturated carbocycles. The molecule has 2 aromatic heterocycles. The van der Waals surface area contributed by atoms with Gasteiger partial charge < -0.3 is 9.36 Å². The molecular formula is C8H7N3O2. The van der Waals surface area contributed by atoms with Crippen LogP contribution < -0.4 is 5.56 Å². The number of nitrogens with zero attached hydrogens (tertiary/aromatic N) is 2. The molecule has 13 heavy (non-hydrogen) atoms. The van der Waals surface area contributed by atoms with Gasteiger partial charge in [-0.05, 0) is 6.07 Å². The topological polar surface area (TPSA) is 67.8 Å². The van der Waals surface area contributed by atoms with Crippen LogP contribution in [0.1, 0.15) is 0 Å². The van der Waals surface area contributed by atoms with Gasteiger partial charge in [-0.1, -0.05) is 0 Å². The lowest BCUT2D eigenvalue weighted by Crippen LogP contribution is -2.19. The van der Waals surface area contributed by atoms with Gasteiger partial charge in [-0.2, -0.15) is 5.10 Å². The first-order valence-corrected chi connectivity index (χ1v) is 3.79. The minimum absolute atomic E-state index is 0.0833. The molecule has 5 heteroatoms. The van der Waals surface area contributed by atoms with Crippen molar-refractivity contribution in [3.8, 4) is 0 Å². The number of H-pyrrole nitrogens is 1. The highest BCUT2D eigenvalue weighted by Gasteiger charge is 2.02. The zero-order valence-electron chi connectivity index (χ0n) is 6.73. The highest BCUT2D eigenvalue weighted by Crippen LogP contribution is 2.02. The van der Waals surface area contributed by atoms with Crippen molar-refractivity contribution in [3.05, 3.63) is 28.8 Å². The Morgan fingerprint density at radius 2 is 2.46 bits per heavy atom. The molecule has 0 amide bonds. The quantitative estimate of drug-likeness (QED) is 0.652. The van der Waals surface area contributed by atoms with Crippen LogP contribution in [-0.2, 0) is 11.3 Å². The predicted octanol–water partition coefficient (Wildman–Crippen LogP) is -0.0765. The molecule has 1 N–H and O–H groups in total. The number of hydrogen-bond donors (Lipinski definition) is 1. The molecule has 0 fully saturated rings. The molecule has 2 rings (SSSR count). The van der Waals surface area contributed by atoms with Crippen LogP contribution in [0.2, 0.25) is 0 Å². The van der Waals surface area contributed by atoms with Gasteiger partial charge in [-0.15, -0.1) is 0 Å². The monoisotopic (exact) mass is 177 g/mol. The normalized spacial score (nSPS) is 10.5. The Labute approximate surface area is 73.0 Å². The highest BCUT2D eigenvalue weighted by atomic mass is 16.1. The third kappa shape index (κ3) is 1.14. The van der Waals surface area contributed by atoms with Crippen molar-refractivity contribution < 1.29 is 4.79 Å². The summed E-state index contributed by atoms with van der Waals surface area (Å²) >= 11 is 0. The number of aromatic amines is 1. The second-order valence-electron chi connectivity index (χ2n) is 2.64. The summed E-state index contributed by atoms with van der Waals surface area (Å²) in [5.74, 6) is 0. The maximum Gasteiger partial charge on any atom is 0.262 e. The maximum atomic E-state index is 11.5. The minimum Gasteiger partial charge on any atom is -0.308 e. The van der Waals surface area contributed by atoms with E-state index in [4.69, 9.17) is 0 Å². The van der Waals surface area contributed by atoms with Crippen molar-refractivity contribution in [2.75, 3.05) is 0 Å². The van der Waals surface area contributed by atoms with E-state index in [0.29, 0.717) is 17.2 Å². The Kier molecular flexibility index (Phi) is 1.70. The fourth-order valence-electron chi connectivity index (χ4n) is 1.20. The molecule has 66 valence electrons. The SMILES string of the molecule is O=CCn1ccc2[nH]ncc2c1=O. The Morgan fingerprint density at radius 3 is 3.23 bits per heavy atom. The van der Waals surface area contributed by atoms with Gasteiger partial charge in [0.1, 0.15) is 6.29 Å². The van der Waals surface area contributed by atoms with Gasteiger partial charge in [0, 0.05) is 6.20 Å². The Bertz CT molecular complexity index is 497. The standard InChI is InChI=1S/C8H7N3O2/c12-4-3-11-2-1-7-6(8(11)13)5-9-10-7/h1-2,4-5H,3H2,(H,9,10). The Hall–Kier alpha value is -1.91. The summed E-state index contributed by atoms with van der Waals surface area (Å²) in [7, 11) is 0. The van der Waals surface area contributed by atoms with Crippen LogP contribution >= 0.6 is 0 Å². The number of fused-ring (bicyclic) bond motifs is 1. The van der Waals surface area contributed by atoms with E-state index in [0.717, 1.165) is 0 Å². The molecule has 2 heterocycles. The first-order valence-electron chi connectivity index (χ1n) is 3.79. The third-order valence-corrected chi connectivity index (χ3v) is 1.85. The third-order valence-electron chi connectivity index (χ3n) is 1.85. The van der Waals surface area contributed by atoms with E-state index in [1.165, 1.54) is 10.8 Å². The van der Waals surface area contributed by atoms with Gasteiger partial charge in [0.15, 0.2) is 0 Å². The largest absolute Gasteiger partial charge is 0.308 e. The van der Waals surface area contributed by atoms with Gasteiger partial charge in [0.05, 0.1) is 23.6 Å². The van der Waals surface area contributed by atoms with E-state index in [9.17, 15) is 9.59 Å². The zero-order chi connectivity index (χ0) is 9.26. The number of rotatable bonds is 2. The second-order valence-corrected chi connectivity index (χ2v) is 2.64. The predicted molar refractivity (Wildman–Crippen MR) is 46.4 cm³/mol. The fraction of sp³-hybridized carbons (Fsp3) is 0.125. The van der Waals surface area contributed by atoms with Crippen LogP contribution in [0.4, 0.5) is 0 Å². The molecular weight excluding hydrogens is 170 g/mol. The number of nitrogens with one attached hydrogen (secondary N) is 1. The summed E-state index contributed by atoms with van der Waals surface area (Å²) in [5.41, 5.74) is 0.491. The number of pyridine rings is 1. The molecule has 0 aliphatic heterocycles. The van der Waals surface area contributed by atoms with Gasteiger partial charge in [0.25, 0.3) is 5.56 Å². The summed E-state index contributed by atoms with van der Waals surface area (Å²) in [6.45, 7) is 0.0833. The smallest absolute Gasteiger partial charge is 0.262 e. The van der Waals surface area contributed by atoms with Gasteiger partial charge in [0.2, 0.25) is 0 Å². The van der Waals surface area contributed by atoms with Crippen molar-refractivity contribution in [1.29, 1.82) is 0 Å². The summed E-state index contributed by atoms with van der Waals surface area (Å²) < 4.78 is 1.34. The van der Waals surface area contributed by atoms with Crippen LogP contribution in [-0.4, -0.2) is 21.1 Å². The van der Waals surface area contributed by atoms with Crippen molar-refractivity contribution in [1.82, 2.24) is 14.8 Å². The van der Waals surface area contributed by atoms with E-state index in [1.54, 1.807) is 12.3 Å². The molecule has 0 aliphatic carbocycles. The summed E-state index contributed by atoms with van der Waals surface area (Å²) in [6, 6.07) is 1.72. The number of hydrogen-bond acceptors (Lipinski definition) is 3. The van der Waals surface area contributed by atoms with Crippen molar-refractivity contribution in [2.45, 2.75) is 6.54 Å². The molecule has 2 aromatic rings. The molecule has 0 spiro atoms. The average molecular weight is 177 g/mol. The molecule has 5 nitrogen and oxygen atoms in total. The van der Waals surface area contributed by atoms with Gasteiger partial charge in [-0.3, -0.25) is 9.89 Å². The summed E-state index contributed by atoms with van der Waals surface area (Å²) in [5, 5.41) is 6.92. The van der Waals surface area contributed by atoms with Crippen LogP contribution in [0, 0.1) is 0 Å². The van der Waals surface area contributed by atoms with E-state index >= 15 is 0 Å². The Balaban J connectivity index is 2.73. The molecule has 0 aliphatic rings. The van der Waals surface area contributed by atoms with Crippen molar-refractivity contribution in [2.24, 2.45) is 0 Å². The van der Waals surface area contributed by atoms with Crippen LogP contribution in [0.25, 0.3) is 10.9 Å². The number of carbonyl (C=O) groups excluding carboxylic acids is 1. The second kappa shape index (κ2) is 2.85. The number of aromatic nitrogens is 3. The molecule has 0 bridgehead atoms. The van der Waals surface area contributed by atoms with Gasteiger partial charge >= 0.3 is 0 Å². The van der Waals surface area contributed by atoms with E-state index in [2.05, 4.69) is 10.2 Å². The average Bonchev–Trinajstić information content (AvgIpc) is 2.58. The molecule has 0 aromatic carbocycles. The minimum atomic E-state index is -0.196. The Morgan fingerprint density at radius 1 is 1.62 bits per heavy atom. The molecule has 0 radical (unpaired) electrons. The van der Waals surface area contributed by atoms with Crippen LogP contribution in [0.15, 0.2) is 23.3 Å². The van der Waals surface area contributed by atoms with Crippen LogP contribution in [0.5, 0.6) is 0 Å². The lowest BCUT2D eigenvalue weighted by Gasteiger charge is -1.98. The van der Waals surface area contributed by atoms with E-state index in [1.807, 2.05) is 0 Å². The first kappa shape index (κ1) is 7.72. The molecule has 0 unspecified atom stereocenters. The van der Waals surface area contributed by atoms with E-state index in [-0.39, 0.29) is 12.1 Å². The highest BCUT2D eigenvalue weighted by molar-refractivity contribution is 5.76. The number of aldehydes is 1. The lowest BCUT2D eigenvalue weighted by molar-refractivity contribution is -0.108. The van der Waals surface area contributed by atoms with Crippen molar-refractivity contribution >= 4 is 17.2 Å². The molecule has 0 saturated heterocycles. The van der Waals surface area contributed by atoms with Crippen molar-refractivity contribution in [3.63, 3.8) is 0 Å². The zero-order valence-corrected chi connectivity index (χ0v) is 6.73. The van der Waals surface area contributed by atoms with Crippen LogP contribution in [0.3, 0.4) is 0 Å². The lowest BCUT2D eigenvalue weighted by atomic mass is 10.3. The summed E-state index contributed by atoms with van der Waals surface area (Å²) in [6.07, 6.45) is 3.71. The fourth-order valence-corrected chi connectivity index (χ4v) is 1.20.